The molecule has 29 heavy (non-hydrogen) atoms. The van der Waals surface area contributed by atoms with Gasteiger partial charge in [0.2, 0.25) is 5.75 Å². The first-order chi connectivity index (χ1) is 13.9. The van der Waals surface area contributed by atoms with Crippen LogP contribution in [0.3, 0.4) is 0 Å². The number of carbonyl (C=O) groups is 2. The van der Waals surface area contributed by atoms with Gasteiger partial charge in [0.1, 0.15) is 0 Å². The zero-order valence-electron chi connectivity index (χ0n) is 17.9. The lowest BCUT2D eigenvalue weighted by Gasteiger charge is -2.40. The molecular formula is C22H32O7. The van der Waals surface area contributed by atoms with E-state index in [4.69, 9.17) is 18.9 Å². The summed E-state index contributed by atoms with van der Waals surface area (Å²) in [4.78, 5) is 25.9. The predicted molar refractivity (Wildman–Crippen MR) is 107 cm³/mol. The van der Waals surface area contributed by atoms with Crippen LogP contribution in [0.1, 0.15) is 71.1 Å². The van der Waals surface area contributed by atoms with Gasteiger partial charge in [-0.1, -0.05) is 40.0 Å². The third-order valence-electron chi connectivity index (χ3n) is 5.99. The summed E-state index contributed by atoms with van der Waals surface area (Å²) >= 11 is 0. The van der Waals surface area contributed by atoms with E-state index in [-0.39, 0.29) is 17.2 Å². The molecule has 1 heterocycles. The van der Waals surface area contributed by atoms with E-state index in [1.807, 2.05) is 13.8 Å². The largest absolute Gasteiger partial charge is 0.502 e. The van der Waals surface area contributed by atoms with E-state index in [1.54, 1.807) is 0 Å². The van der Waals surface area contributed by atoms with Crippen LogP contribution in [-0.2, 0) is 19.1 Å². The number of hydrogen-bond acceptors (Lipinski definition) is 7. The number of methoxy groups -OCH3 is 2. The molecular weight excluding hydrogens is 376 g/mol. The summed E-state index contributed by atoms with van der Waals surface area (Å²) in [6.45, 7) is 6.11. The van der Waals surface area contributed by atoms with Gasteiger partial charge in [-0.15, -0.1) is 0 Å². The SMILES string of the molecule is CCCCCC(CC)(CC)C1C(=O)OC(c2cc(OC)c(O)c(OC)c2)OC1=O. The van der Waals surface area contributed by atoms with Crippen molar-refractivity contribution in [3.63, 3.8) is 0 Å². The second-order valence-electron chi connectivity index (χ2n) is 7.44. The summed E-state index contributed by atoms with van der Waals surface area (Å²) < 4.78 is 21.3. The molecule has 0 bridgehead atoms. The Labute approximate surface area is 172 Å². The lowest BCUT2D eigenvalue weighted by atomic mass is 9.67. The van der Waals surface area contributed by atoms with Gasteiger partial charge in [0.25, 0.3) is 6.29 Å². The zero-order chi connectivity index (χ0) is 21.6. The monoisotopic (exact) mass is 408 g/mol. The van der Waals surface area contributed by atoms with E-state index in [2.05, 4.69) is 6.92 Å². The quantitative estimate of drug-likeness (QED) is 0.346. The molecule has 1 fully saturated rings. The van der Waals surface area contributed by atoms with Crippen LogP contribution in [0.25, 0.3) is 0 Å². The lowest BCUT2D eigenvalue weighted by molar-refractivity contribution is -0.222. The van der Waals surface area contributed by atoms with Crippen LogP contribution in [-0.4, -0.2) is 31.3 Å². The Morgan fingerprint density at radius 3 is 1.90 bits per heavy atom. The van der Waals surface area contributed by atoms with E-state index in [0.29, 0.717) is 18.4 Å². The topological polar surface area (TPSA) is 91.3 Å². The average molecular weight is 408 g/mol. The number of phenolic OH excluding ortho intramolecular Hbond substituents is 1. The number of esters is 2. The van der Waals surface area contributed by atoms with Crippen LogP contribution in [0.15, 0.2) is 12.1 Å². The van der Waals surface area contributed by atoms with Crippen molar-refractivity contribution in [1.82, 2.24) is 0 Å². The number of ether oxygens (including phenoxy) is 4. The minimum absolute atomic E-state index is 0.129. The number of phenols is 1. The molecule has 0 aromatic heterocycles. The fraction of sp³-hybridized carbons (Fsp3) is 0.636. The average Bonchev–Trinajstić information content (AvgIpc) is 2.72. The highest BCUT2D eigenvalue weighted by Crippen LogP contribution is 2.46. The second-order valence-corrected chi connectivity index (χ2v) is 7.44. The van der Waals surface area contributed by atoms with Crippen molar-refractivity contribution in [2.24, 2.45) is 11.3 Å². The Morgan fingerprint density at radius 2 is 1.48 bits per heavy atom. The number of hydrogen-bond donors (Lipinski definition) is 1. The van der Waals surface area contributed by atoms with Crippen LogP contribution in [0.4, 0.5) is 0 Å². The van der Waals surface area contributed by atoms with Crippen molar-refractivity contribution < 1.29 is 33.6 Å². The van der Waals surface area contributed by atoms with Gasteiger partial charge in [-0.2, -0.15) is 0 Å². The fourth-order valence-corrected chi connectivity index (χ4v) is 4.04. The van der Waals surface area contributed by atoms with Gasteiger partial charge >= 0.3 is 11.9 Å². The van der Waals surface area contributed by atoms with Crippen molar-refractivity contribution in [2.45, 2.75) is 65.6 Å². The number of unbranched alkanes of at least 4 members (excludes halogenated alkanes) is 2. The number of benzene rings is 1. The number of rotatable bonds is 10. The Balaban J connectivity index is 2.30. The molecule has 1 aliphatic heterocycles. The highest BCUT2D eigenvalue weighted by Gasteiger charge is 2.51. The molecule has 1 N–H and O–H groups in total. The van der Waals surface area contributed by atoms with Crippen molar-refractivity contribution >= 4 is 11.9 Å². The molecule has 0 radical (unpaired) electrons. The molecule has 7 heteroatoms. The van der Waals surface area contributed by atoms with Gasteiger partial charge in [-0.25, -0.2) is 0 Å². The predicted octanol–water partition coefficient (Wildman–Crippen LogP) is 4.51. The minimum Gasteiger partial charge on any atom is -0.502 e. The second kappa shape index (κ2) is 9.85. The molecule has 2 rings (SSSR count). The molecule has 7 nitrogen and oxygen atoms in total. The molecule has 1 saturated heterocycles. The summed E-state index contributed by atoms with van der Waals surface area (Å²) in [6, 6.07) is 2.91. The summed E-state index contributed by atoms with van der Waals surface area (Å²) in [5.74, 6) is -2.01. The maximum Gasteiger partial charge on any atom is 0.324 e. The van der Waals surface area contributed by atoms with Crippen molar-refractivity contribution in [3.8, 4) is 17.2 Å². The fourth-order valence-electron chi connectivity index (χ4n) is 4.04. The molecule has 0 spiro atoms. The standard InChI is InChI=1S/C22H32O7/c1-6-9-10-11-22(7-2,8-3)17-19(24)28-21(29-20(17)25)14-12-15(26-4)18(23)16(13-14)27-5/h12-13,17,21,23H,6-11H2,1-5H3. The molecule has 0 unspecified atom stereocenters. The first-order valence-electron chi connectivity index (χ1n) is 10.2. The van der Waals surface area contributed by atoms with Gasteiger partial charge in [-0.05, 0) is 36.8 Å². The van der Waals surface area contributed by atoms with Crippen LogP contribution >= 0.6 is 0 Å². The minimum atomic E-state index is -1.21. The molecule has 0 atom stereocenters. The number of aromatic hydroxyl groups is 1. The van der Waals surface area contributed by atoms with Crippen LogP contribution in [0.5, 0.6) is 17.2 Å². The first-order valence-corrected chi connectivity index (χ1v) is 10.2. The highest BCUT2D eigenvalue weighted by atomic mass is 16.7. The number of carbonyl (C=O) groups excluding carboxylic acids is 2. The smallest absolute Gasteiger partial charge is 0.324 e. The first kappa shape index (κ1) is 22.8. The van der Waals surface area contributed by atoms with E-state index < -0.39 is 29.6 Å². The molecule has 0 aliphatic carbocycles. The molecule has 0 amide bonds. The van der Waals surface area contributed by atoms with E-state index in [1.165, 1.54) is 26.4 Å². The van der Waals surface area contributed by atoms with Gasteiger partial charge < -0.3 is 24.1 Å². The summed E-state index contributed by atoms with van der Waals surface area (Å²) in [6.07, 6.45) is 4.00. The Morgan fingerprint density at radius 1 is 0.966 bits per heavy atom. The Bertz CT molecular complexity index is 681. The van der Waals surface area contributed by atoms with E-state index in [0.717, 1.165) is 25.7 Å². The maximum atomic E-state index is 12.9. The molecule has 1 aliphatic rings. The van der Waals surface area contributed by atoms with Gasteiger partial charge in [0.05, 0.1) is 14.2 Å². The van der Waals surface area contributed by atoms with Crippen LogP contribution in [0.2, 0.25) is 0 Å². The van der Waals surface area contributed by atoms with Crippen LogP contribution < -0.4 is 9.47 Å². The van der Waals surface area contributed by atoms with Gasteiger partial charge in [0.15, 0.2) is 17.4 Å². The molecule has 1 aromatic rings. The van der Waals surface area contributed by atoms with E-state index in [9.17, 15) is 14.7 Å². The van der Waals surface area contributed by atoms with Crippen LogP contribution in [0, 0.1) is 11.3 Å². The molecule has 0 saturated carbocycles. The van der Waals surface area contributed by atoms with E-state index >= 15 is 0 Å². The van der Waals surface area contributed by atoms with Gasteiger partial charge in [-0.3, -0.25) is 9.59 Å². The van der Waals surface area contributed by atoms with Crippen molar-refractivity contribution in [3.05, 3.63) is 17.7 Å². The summed E-state index contributed by atoms with van der Waals surface area (Å²) in [5, 5.41) is 10.1. The Kier molecular flexibility index (Phi) is 7.76. The molecule has 1 aromatic carbocycles. The summed E-state index contributed by atoms with van der Waals surface area (Å²) in [5.41, 5.74) is -0.125. The normalized spacial score (nSPS) is 19.5. The maximum absolute atomic E-state index is 12.9. The highest BCUT2D eigenvalue weighted by molar-refractivity contribution is 5.97. The van der Waals surface area contributed by atoms with Crippen molar-refractivity contribution in [2.75, 3.05) is 14.2 Å². The number of cyclic esters (lactones) is 2. The third-order valence-corrected chi connectivity index (χ3v) is 5.99. The molecule has 162 valence electrons. The zero-order valence-corrected chi connectivity index (χ0v) is 17.9. The Hall–Kier alpha value is -2.44. The summed E-state index contributed by atoms with van der Waals surface area (Å²) in [7, 11) is 2.78. The van der Waals surface area contributed by atoms with Gasteiger partial charge in [0, 0.05) is 5.56 Å². The lowest BCUT2D eigenvalue weighted by Crippen LogP contribution is -2.47. The van der Waals surface area contributed by atoms with Crippen molar-refractivity contribution in [1.29, 1.82) is 0 Å². The third kappa shape index (κ3) is 4.60.